The minimum absolute atomic E-state index is 0.714. The summed E-state index contributed by atoms with van der Waals surface area (Å²) in [6.07, 6.45) is 0. The number of nitro groups is 1. The van der Waals surface area contributed by atoms with Gasteiger partial charge in [-0.2, -0.15) is 0 Å². The Hall–Kier alpha value is 0.650. The third-order valence-electron chi connectivity index (χ3n) is 0.207. The topological polar surface area (TPSA) is 43.1 Å². The van der Waals surface area contributed by atoms with E-state index in [4.69, 9.17) is 11.6 Å². The molecule has 3 nitrogen and oxygen atoms in total. The molecule has 0 spiro atoms. The molecule has 0 unspecified atom stereocenters. The third kappa shape index (κ3) is 3.25. The van der Waals surface area contributed by atoms with E-state index in [0.29, 0.717) is 0 Å². The van der Waals surface area contributed by atoms with E-state index in [1.165, 1.54) is 0 Å². The van der Waals surface area contributed by atoms with Gasteiger partial charge in [0.1, 0.15) is 0 Å². The van der Waals surface area contributed by atoms with Crippen molar-refractivity contribution in [2.24, 2.45) is 0 Å². The molecule has 0 saturated heterocycles. The number of alkyl halides is 3. The van der Waals surface area contributed by atoms with Gasteiger partial charge in [0.05, 0.1) is 4.92 Å². The molecule has 0 radical (unpaired) electrons. The van der Waals surface area contributed by atoms with Crippen LogP contribution < -0.4 is 0 Å². The SMILES string of the molecule is O=[N+]([O-])C(Cl)(Br)Br. The molecule has 0 heterocycles. The zero-order chi connectivity index (χ0) is 6.08. The number of rotatable bonds is 1. The van der Waals surface area contributed by atoms with Crippen molar-refractivity contribution in [3.05, 3.63) is 10.1 Å². The van der Waals surface area contributed by atoms with Crippen LogP contribution in [0.3, 0.4) is 0 Å². The number of nitrogens with zero attached hydrogens (tertiary/aromatic N) is 1. The minimum atomic E-state index is -1.68. The molecule has 0 rings (SSSR count). The van der Waals surface area contributed by atoms with Crippen molar-refractivity contribution < 1.29 is 4.92 Å². The van der Waals surface area contributed by atoms with Crippen molar-refractivity contribution in [2.75, 3.05) is 0 Å². The molecule has 0 aromatic heterocycles. The summed E-state index contributed by atoms with van der Waals surface area (Å²) in [4.78, 5) is 8.89. The van der Waals surface area contributed by atoms with Gasteiger partial charge in [-0.05, 0) is 11.6 Å². The van der Waals surface area contributed by atoms with E-state index in [2.05, 4.69) is 31.9 Å². The second-order valence-electron chi connectivity index (χ2n) is 0.725. The standard InChI is InChI=1S/CBr2ClNO2/c2-1(3,4)5(6)7. The van der Waals surface area contributed by atoms with Gasteiger partial charge < -0.3 is 0 Å². The fraction of sp³-hybridized carbons (Fsp3) is 1.00. The maximum atomic E-state index is 9.60. The highest BCUT2D eigenvalue weighted by molar-refractivity contribution is 9.26. The first-order valence-corrected chi connectivity index (χ1v) is 3.12. The molecule has 0 N–H and O–H groups in total. The first kappa shape index (κ1) is 7.65. The maximum absolute atomic E-state index is 9.60. The molecule has 0 aliphatic carbocycles. The van der Waals surface area contributed by atoms with Crippen molar-refractivity contribution in [3.63, 3.8) is 0 Å². The van der Waals surface area contributed by atoms with E-state index in [0.717, 1.165) is 0 Å². The normalized spacial score (nSPS) is 11.3. The Labute approximate surface area is 61.4 Å². The molecule has 0 atom stereocenters. The van der Waals surface area contributed by atoms with Crippen LogP contribution >= 0.6 is 43.5 Å². The van der Waals surface area contributed by atoms with Crippen LogP contribution in [-0.2, 0) is 0 Å². The molecule has 0 aromatic rings. The smallest absolute Gasteiger partial charge is 0.261 e. The quantitative estimate of drug-likeness (QED) is 0.310. The molecule has 0 fully saturated rings. The largest absolute Gasteiger partial charge is 0.402 e. The number of hydrogen-bond donors (Lipinski definition) is 0. The van der Waals surface area contributed by atoms with Gasteiger partial charge in [0.15, 0.2) is 0 Å². The summed E-state index contributed by atoms with van der Waals surface area (Å²) in [7, 11) is 0. The van der Waals surface area contributed by atoms with E-state index in [1.54, 1.807) is 0 Å². The van der Waals surface area contributed by atoms with Crippen LogP contribution in [0.1, 0.15) is 0 Å². The molecule has 0 aliphatic heterocycles. The third-order valence-corrected chi connectivity index (χ3v) is 0.924. The maximum Gasteiger partial charge on any atom is 0.402 e. The Kier molecular flexibility index (Phi) is 2.49. The summed E-state index contributed by atoms with van der Waals surface area (Å²) in [5.74, 6) is 0. The Bertz CT molecular complexity index is 88.2. The Morgan fingerprint density at radius 2 is 1.86 bits per heavy atom. The van der Waals surface area contributed by atoms with Gasteiger partial charge in [-0.3, -0.25) is 10.1 Å². The summed E-state index contributed by atoms with van der Waals surface area (Å²) in [6, 6.07) is 0. The summed E-state index contributed by atoms with van der Waals surface area (Å²) >= 11 is 10.1. The monoisotopic (exact) mass is 251 g/mol. The zero-order valence-electron chi connectivity index (χ0n) is 2.90. The molecular formula is CBr2ClNO2. The zero-order valence-corrected chi connectivity index (χ0v) is 6.83. The summed E-state index contributed by atoms with van der Waals surface area (Å²) < 4.78 is -1.68. The molecule has 6 heteroatoms. The molecule has 0 saturated carbocycles. The fourth-order valence-electron chi connectivity index (χ4n) is 0. The lowest BCUT2D eigenvalue weighted by Crippen LogP contribution is -2.13. The van der Waals surface area contributed by atoms with Crippen LogP contribution in [0.15, 0.2) is 0 Å². The molecule has 7 heavy (non-hydrogen) atoms. The predicted molar refractivity (Wildman–Crippen MR) is 33.4 cm³/mol. The van der Waals surface area contributed by atoms with Crippen LogP contribution in [0.5, 0.6) is 0 Å². The van der Waals surface area contributed by atoms with Gasteiger partial charge in [-0.25, -0.2) is 0 Å². The average Bonchev–Trinajstić information content (AvgIpc) is 1.31. The molecule has 0 amide bonds. The van der Waals surface area contributed by atoms with Crippen LogP contribution in [0, 0.1) is 10.1 Å². The Balaban J connectivity index is 3.79. The van der Waals surface area contributed by atoms with Gasteiger partial charge in [0.25, 0.3) is 0 Å². The highest BCUT2D eigenvalue weighted by atomic mass is 79.9. The summed E-state index contributed by atoms with van der Waals surface area (Å²) in [5.41, 5.74) is 0. The fourth-order valence-corrected chi connectivity index (χ4v) is 0. The highest BCUT2D eigenvalue weighted by Gasteiger charge is 2.31. The second-order valence-corrected chi connectivity index (χ2v) is 5.54. The van der Waals surface area contributed by atoms with Crippen LogP contribution in [0.2, 0.25) is 0 Å². The lowest BCUT2D eigenvalue weighted by molar-refractivity contribution is -0.481. The van der Waals surface area contributed by atoms with Gasteiger partial charge in [-0.15, -0.1) is 0 Å². The van der Waals surface area contributed by atoms with E-state index < -0.39 is 7.74 Å². The van der Waals surface area contributed by atoms with Crippen LogP contribution in [0.4, 0.5) is 0 Å². The number of hydrogen-bond acceptors (Lipinski definition) is 2. The molecular weight excluding hydrogens is 253 g/mol. The van der Waals surface area contributed by atoms with Crippen molar-refractivity contribution in [1.82, 2.24) is 0 Å². The summed E-state index contributed by atoms with van der Waals surface area (Å²) in [6.45, 7) is 0. The van der Waals surface area contributed by atoms with Gasteiger partial charge in [0.2, 0.25) is 0 Å². The average molecular weight is 253 g/mol. The molecule has 42 valence electrons. The van der Waals surface area contributed by atoms with Crippen LogP contribution in [-0.4, -0.2) is 7.74 Å². The van der Waals surface area contributed by atoms with Gasteiger partial charge >= 0.3 is 2.82 Å². The number of halogens is 3. The lowest BCUT2D eigenvalue weighted by Gasteiger charge is -1.97. The van der Waals surface area contributed by atoms with Crippen molar-refractivity contribution >= 4 is 43.5 Å². The predicted octanol–water partition coefficient (Wildman–Crippen LogP) is 1.90. The van der Waals surface area contributed by atoms with Gasteiger partial charge in [0, 0.05) is 31.9 Å². The molecule has 0 bridgehead atoms. The van der Waals surface area contributed by atoms with E-state index in [-0.39, 0.29) is 0 Å². The first-order valence-electron chi connectivity index (χ1n) is 1.16. The summed E-state index contributed by atoms with van der Waals surface area (Å²) in [5, 5.41) is 9.60. The van der Waals surface area contributed by atoms with Crippen molar-refractivity contribution in [1.29, 1.82) is 0 Å². The van der Waals surface area contributed by atoms with E-state index in [9.17, 15) is 10.1 Å². The molecule has 0 aliphatic rings. The minimum Gasteiger partial charge on any atom is -0.261 e. The van der Waals surface area contributed by atoms with E-state index >= 15 is 0 Å². The molecule has 0 aromatic carbocycles. The second kappa shape index (κ2) is 2.28. The van der Waals surface area contributed by atoms with Gasteiger partial charge in [-0.1, -0.05) is 0 Å². The lowest BCUT2D eigenvalue weighted by atomic mass is 11.5. The Morgan fingerprint density at radius 1 is 1.71 bits per heavy atom. The van der Waals surface area contributed by atoms with Crippen LogP contribution in [0.25, 0.3) is 0 Å². The van der Waals surface area contributed by atoms with Crippen molar-refractivity contribution in [2.45, 2.75) is 2.82 Å². The highest BCUT2D eigenvalue weighted by Crippen LogP contribution is 2.30. The van der Waals surface area contributed by atoms with Crippen molar-refractivity contribution in [3.8, 4) is 0 Å². The first-order chi connectivity index (χ1) is 2.94. The Morgan fingerprint density at radius 3 is 1.86 bits per heavy atom. The van der Waals surface area contributed by atoms with E-state index in [1.807, 2.05) is 0 Å².